The van der Waals surface area contributed by atoms with Crippen LogP contribution in [0.15, 0.2) is 37.3 Å². The van der Waals surface area contributed by atoms with Crippen LogP contribution in [0, 0.1) is 12.8 Å². The minimum absolute atomic E-state index is 0.00428. The maximum atomic E-state index is 11.9. The SMILES string of the molecule is C=CC(=O)N1CCN(c2ncnc3c2C[C@@H](C)C(c2c(C)ccc4[nH]ncc24)C3)CC1. The zero-order valence-electron chi connectivity index (χ0n) is 18.1. The third kappa shape index (κ3) is 3.38. The van der Waals surface area contributed by atoms with Crippen molar-refractivity contribution in [2.45, 2.75) is 32.6 Å². The molecule has 7 nitrogen and oxygen atoms in total. The molecule has 0 saturated carbocycles. The normalized spacial score (nSPS) is 21.2. The number of carbonyl (C=O) groups excluding carboxylic acids is 1. The molecule has 3 heterocycles. The number of hydrogen-bond donors (Lipinski definition) is 1. The fraction of sp³-hybridized carbons (Fsp3) is 0.417. The van der Waals surface area contributed by atoms with Crippen LogP contribution in [-0.4, -0.2) is 57.2 Å². The lowest BCUT2D eigenvalue weighted by atomic mass is 9.73. The number of hydrogen-bond acceptors (Lipinski definition) is 5. The Morgan fingerprint density at radius 3 is 2.77 bits per heavy atom. The minimum atomic E-state index is 0.00428. The van der Waals surface area contributed by atoms with E-state index in [1.807, 2.05) is 11.1 Å². The van der Waals surface area contributed by atoms with Crippen molar-refractivity contribution in [2.75, 3.05) is 31.1 Å². The molecule has 0 spiro atoms. The van der Waals surface area contributed by atoms with Crippen molar-refractivity contribution in [3.63, 3.8) is 0 Å². The highest BCUT2D eigenvalue weighted by Gasteiger charge is 2.33. The van der Waals surface area contributed by atoms with Crippen LogP contribution >= 0.6 is 0 Å². The number of amides is 1. The lowest BCUT2D eigenvalue weighted by Gasteiger charge is -2.38. The van der Waals surface area contributed by atoms with Crippen molar-refractivity contribution in [3.8, 4) is 0 Å². The van der Waals surface area contributed by atoms with E-state index in [1.54, 1.807) is 6.33 Å². The van der Waals surface area contributed by atoms with Crippen molar-refractivity contribution < 1.29 is 4.79 Å². The summed E-state index contributed by atoms with van der Waals surface area (Å²) in [5.74, 6) is 1.92. The fourth-order valence-corrected chi connectivity index (χ4v) is 5.26. The van der Waals surface area contributed by atoms with Crippen molar-refractivity contribution in [2.24, 2.45) is 5.92 Å². The summed E-state index contributed by atoms with van der Waals surface area (Å²) in [4.78, 5) is 25.4. The maximum absolute atomic E-state index is 11.9. The Kier molecular flexibility index (Phi) is 4.96. The van der Waals surface area contributed by atoms with Gasteiger partial charge in [0.15, 0.2) is 0 Å². The molecule has 5 rings (SSSR count). The number of piperazine rings is 1. The van der Waals surface area contributed by atoms with Crippen LogP contribution in [0.3, 0.4) is 0 Å². The Morgan fingerprint density at radius 2 is 2.00 bits per heavy atom. The Bertz CT molecular complexity index is 1140. The summed E-state index contributed by atoms with van der Waals surface area (Å²) in [5.41, 5.74) is 6.21. The van der Waals surface area contributed by atoms with Crippen molar-refractivity contribution >= 4 is 22.6 Å². The van der Waals surface area contributed by atoms with Gasteiger partial charge in [-0.25, -0.2) is 9.97 Å². The predicted octanol–water partition coefficient (Wildman–Crippen LogP) is 3.01. The van der Waals surface area contributed by atoms with Gasteiger partial charge in [0, 0.05) is 42.8 Å². The van der Waals surface area contributed by atoms with Gasteiger partial charge in [0.05, 0.1) is 11.7 Å². The molecule has 1 saturated heterocycles. The molecule has 1 aromatic carbocycles. The van der Waals surface area contributed by atoms with Gasteiger partial charge in [-0.3, -0.25) is 9.89 Å². The molecule has 160 valence electrons. The van der Waals surface area contributed by atoms with Gasteiger partial charge in [0.25, 0.3) is 0 Å². The Morgan fingerprint density at radius 1 is 1.19 bits per heavy atom. The zero-order valence-corrected chi connectivity index (χ0v) is 18.1. The lowest BCUT2D eigenvalue weighted by Crippen LogP contribution is -2.49. The third-order valence-electron chi connectivity index (χ3n) is 6.96. The highest BCUT2D eigenvalue weighted by molar-refractivity contribution is 5.87. The molecule has 2 atom stereocenters. The summed E-state index contributed by atoms with van der Waals surface area (Å²) in [6, 6.07) is 4.30. The molecule has 1 unspecified atom stereocenters. The fourth-order valence-electron chi connectivity index (χ4n) is 5.26. The van der Waals surface area contributed by atoms with Gasteiger partial charge in [-0.1, -0.05) is 19.6 Å². The van der Waals surface area contributed by atoms with Gasteiger partial charge in [-0.05, 0) is 54.9 Å². The quantitative estimate of drug-likeness (QED) is 0.664. The van der Waals surface area contributed by atoms with Gasteiger partial charge in [0.1, 0.15) is 12.1 Å². The van der Waals surface area contributed by atoms with E-state index in [1.165, 1.54) is 28.2 Å². The van der Waals surface area contributed by atoms with Crippen LogP contribution in [0.2, 0.25) is 0 Å². The number of fused-ring (bicyclic) bond motifs is 2. The monoisotopic (exact) mass is 416 g/mol. The second kappa shape index (κ2) is 7.80. The number of benzene rings is 1. The number of nitrogens with one attached hydrogen (secondary N) is 1. The van der Waals surface area contributed by atoms with E-state index in [2.05, 4.69) is 52.6 Å². The van der Waals surface area contributed by atoms with Crippen molar-refractivity contribution in [1.29, 1.82) is 0 Å². The molecule has 7 heteroatoms. The van der Waals surface area contributed by atoms with Gasteiger partial charge >= 0.3 is 0 Å². The van der Waals surface area contributed by atoms with E-state index >= 15 is 0 Å². The topological polar surface area (TPSA) is 78.0 Å². The van der Waals surface area contributed by atoms with Gasteiger partial charge in [-0.2, -0.15) is 5.10 Å². The number of aromatic amines is 1. The van der Waals surface area contributed by atoms with Crippen LogP contribution in [0.1, 0.15) is 35.2 Å². The molecule has 0 bridgehead atoms. The lowest BCUT2D eigenvalue weighted by molar-refractivity contribution is -0.126. The highest BCUT2D eigenvalue weighted by atomic mass is 16.2. The Balaban J connectivity index is 1.44. The van der Waals surface area contributed by atoms with E-state index in [0.717, 1.165) is 43.0 Å². The minimum Gasteiger partial charge on any atom is -0.353 e. The summed E-state index contributed by atoms with van der Waals surface area (Å²) in [6.07, 6.45) is 6.91. The average molecular weight is 417 g/mol. The number of H-pyrrole nitrogens is 1. The molecular weight excluding hydrogens is 388 g/mol. The first kappa shape index (κ1) is 19.7. The van der Waals surface area contributed by atoms with E-state index in [0.29, 0.717) is 24.9 Å². The number of nitrogens with zero attached hydrogens (tertiary/aromatic N) is 5. The van der Waals surface area contributed by atoms with Crippen molar-refractivity contribution in [1.82, 2.24) is 25.1 Å². The van der Waals surface area contributed by atoms with E-state index in [-0.39, 0.29) is 5.91 Å². The molecule has 1 aliphatic carbocycles. The predicted molar refractivity (Wildman–Crippen MR) is 121 cm³/mol. The van der Waals surface area contributed by atoms with Crippen molar-refractivity contribution in [3.05, 3.63) is 59.7 Å². The maximum Gasteiger partial charge on any atom is 0.246 e. The summed E-state index contributed by atoms with van der Waals surface area (Å²) < 4.78 is 0. The molecule has 1 fully saturated rings. The zero-order chi connectivity index (χ0) is 21.5. The largest absolute Gasteiger partial charge is 0.353 e. The van der Waals surface area contributed by atoms with Gasteiger partial charge in [0.2, 0.25) is 5.91 Å². The summed E-state index contributed by atoms with van der Waals surface area (Å²) in [7, 11) is 0. The molecule has 1 aliphatic heterocycles. The van der Waals surface area contributed by atoms with E-state index in [4.69, 9.17) is 4.98 Å². The van der Waals surface area contributed by atoms with E-state index in [9.17, 15) is 4.79 Å². The summed E-state index contributed by atoms with van der Waals surface area (Å²) >= 11 is 0. The Labute approximate surface area is 182 Å². The first-order valence-electron chi connectivity index (χ1n) is 11.0. The molecule has 2 aliphatic rings. The summed E-state index contributed by atoms with van der Waals surface area (Å²) in [5, 5.41) is 8.61. The highest BCUT2D eigenvalue weighted by Crippen LogP contribution is 2.42. The molecule has 1 amide bonds. The van der Waals surface area contributed by atoms with E-state index < -0.39 is 0 Å². The number of aryl methyl sites for hydroxylation is 1. The van der Waals surface area contributed by atoms with Crippen LogP contribution in [0.5, 0.6) is 0 Å². The standard InChI is InChI=1S/C24H28N6O/c1-4-22(31)29-7-9-30(10-8-29)24-18-11-16(3)17(12-21(18)25-14-26-24)23-15(2)5-6-20-19(23)13-27-28-20/h4-6,13-14,16-17H,1,7-12H2,2-3H3,(H,27,28)/t16-,17?/m1/s1. The first-order chi connectivity index (χ1) is 15.1. The number of aromatic nitrogens is 4. The molecule has 2 aromatic heterocycles. The Hall–Kier alpha value is -3.22. The molecule has 31 heavy (non-hydrogen) atoms. The number of rotatable bonds is 3. The summed E-state index contributed by atoms with van der Waals surface area (Å²) in [6.45, 7) is 11.1. The second-order valence-electron chi connectivity index (χ2n) is 8.76. The molecule has 3 aromatic rings. The van der Waals surface area contributed by atoms with Gasteiger partial charge in [-0.15, -0.1) is 0 Å². The van der Waals surface area contributed by atoms with Crippen LogP contribution < -0.4 is 4.90 Å². The number of anilines is 1. The van der Waals surface area contributed by atoms with Gasteiger partial charge < -0.3 is 9.80 Å². The second-order valence-corrected chi connectivity index (χ2v) is 8.76. The molecular formula is C24H28N6O. The number of carbonyl (C=O) groups is 1. The first-order valence-corrected chi connectivity index (χ1v) is 11.0. The average Bonchev–Trinajstić information content (AvgIpc) is 3.27. The van der Waals surface area contributed by atoms with Crippen LogP contribution in [0.4, 0.5) is 5.82 Å². The van der Waals surface area contributed by atoms with Crippen LogP contribution in [0.25, 0.3) is 10.9 Å². The molecule has 0 radical (unpaired) electrons. The third-order valence-corrected chi connectivity index (χ3v) is 6.96. The smallest absolute Gasteiger partial charge is 0.246 e. The van der Waals surface area contributed by atoms with Crippen LogP contribution in [-0.2, 0) is 17.6 Å². The molecule has 1 N–H and O–H groups in total.